The molecule has 3 atom stereocenters. The standard InChI is InChI=1S/C29H32F2N9O6/c1-20(38-10-11-39(27(38)41)22-5-7-23(8-6-22)40-16-32-34-35-40)29(43,25-9-4-21(30)13-26(25)31)15-37-18-36(17-33-37)19-46-28(42)45-14-24-3-2-12-44-24/h4-9,13,16,20,24,43H,2-3,10-12,14-15,18-19H2,1H3/q+1/t20-,24?,29+/m1/s1. The number of aliphatic hydroxyl groups is 1. The zero-order chi connectivity index (χ0) is 32.3. The van der Waals surface area contributed by atoms with Crippen molar-refractivity contribution in [2.75, 3.05) is 51.1 Å². The molecule has 0 saturated carbocycles. The second-order valence-electron chi connectivity index (χ2n) is 11.1. The average Bonchev–Trinajstić information content (AvgIpc) is 3.87. The molecule has 3 aliphatic rings. The van der Waals surface area contributed by atoms with Gasteiger partial charge in [-0.3, -0.25) is 4.90 Å². The maximum atomic E-state index is 15.2. The number of ether oxygens (including phenoxy) is 3. The highest BCUT2D eigenvalue weighted by Crippen LogP contribution is 2.35. The van der Waals surface area contributed by atoms with Crippen LogP contribution >= 0.6 is 0 Å². The number of urea groups is 1. The Morgan fingerprint density at radius 2 is 1.98 bits per heavy atom. The fraction of sp³-hybridized carbons (Fsp3) is 0.448. The number of tetrazole rings is 1. The van der Waals surface area contributed by atoms with Crippen LogP contribution in [0, 0.1) is 11.6 Å². The van der Waals surface area contributed by atoms with E-state index < -0.39 is 35.5 Å². The highest BCUT2D eigenvalue weighted by Gasteiger charge is 2.48. The van der Waals surface area contributed by atoms with Crippen molar-refractivity contribution in [2.24, 2.45) is 5.10 Å². The first kappa shape index (κ1) is 31.0. The van der Waals surface area contributed by atoms with Crippen molar-refractivity contribution < 1.29 is 37.7 Å². The van der Waals surface area contributed by atoms with Crippen LogP contribution in [-0.4, -0.2) is 117 Å². The third-order valence-electron chi connectivity index (χ3n) is 8.21. The van der Waals surface area contributed by atoms with Crippen LogP contribution in [0.4, 0.5) is 24.1 Å². The number of hydrogen-bond acceptors (Lipinski definition) is 12. The predicted molar refractivity (Wildman–Crippen MR) is 155 cm³/mol. The topological polar surface area (TPSA) is 151 Å². The van der Waals surface area contributed by atoms with Gasteiger partial charge in [-0.25, -0.2) is 28.1 Å². The van der Waals surface area contributed by atoms with Gasteiger partial charge >= 0.3 is 18.5 Å². The molecule has 2 aromatic carbocycles. The van der Waals surface area contributed by atoms with Crippen LogP contribution in [0.3, 0.4) is 0 Å². The van der Waals surface area contributed by atoms with Gasteiger partial charge in [0.05, 0.1) is 24.4 Å². The monoisotopic (exact) mass is 640 g/mol. The number of hydrogen-bond donors (Lipinski definition) is 1. The number of benzene rings is 2. The molecule has 1 unspecified atom stereocenters. The molecule has 2 amide bonds. The third-order valence-corrected chi connectivity index (χ3v) is 8.21. The lowest BCUT2D eigenvalue weighted by Gasteiger charge is -2.40. The Kier molecular flexibility index (Phi) is 8.87. The van der Waals surface area contributed by atoms with Crippen molar-refractivity contribution in [3.63, 3.8) is 0 Å². The minimum atomic E-state index is -2.05. The summed E-state index contributed by atoms with van der Waals surface area (Å²) in [4.78, 5) is 30.1. The van der Waals surface area contributed by atoms with Gasteiger partial charge in [0.1, 0.15) is 35.3 Å². The highest BCUT2D eigenvalue weighted by molar-refractivity contribution is 5.94. The predicted octanol–water partition coefficient (Wildman–Crippen LogP) is 2.14. The summed E-state index contributed by atoms with van der Waals surface area (Å²) < 4.78 is 46.3. The Balaban J connectivity index is 1.13. The maximum Gasteiger partial charge on any atom is 0.547 e. The third kappa shape index (κ3) is 6.51. The summed E-state index contributed by atoms with van der Waals surface area (Å²) >= 11 is 0. The van der Waals surface area contributed by atoms with Gasteiger partial charge in [0.15, 0.2) is 6.67 Å². The molecule has 1 N–H and O–H groups in total. The fourth-order valence-corrected chi connectivity index (χ4v) is 5.69. The molecule has 15 nitrogen and oxygen atoms in total. The molecule has 242 valence electrons. The first-order valence-corrected chi connectivity index (χ1v) is 14.7. The van der Waals surface area contributed by atoms with Crippen molar-refractivity contribution >= 4 is 24.2 Å². The molecule has 3 aliphatic heterocycles. The highest BCUT2D eigenvalue weighted by atomic mass is 19.1. The van der Waals surface area contributed by atoms with Gasteiger partial charge in [0.2, 0.25) is 6.73 Å². The van der Waals surface area contributed by atoms with E-state index in [1.165, 1.54) is 25.8 Å². The summed E-state index contributed by atoms with van der Waals surface area (Å²) in [5.74, 6) is -1.79. The number of nitrogens with zero attached hydrogens (tertiary/aromatic N) is 9. The molecule has 0 bridgehead atoms. The Hall–Kier alpha value is -4.99. The average molecular weight is 641 g/mol. The Labute approximate surface area is 262 Å². The first-order chi connectivity index (χ1) is 22.2. The van der Waals surface area contributed by atoms with Crippen LogP contribution in [-0.2, 0) is 19.8 Å². The van der Waals surface area contributed by atoms with Crippen molar-refractivity contribution in [2.45, 2.75) is 37.5 Å². The molecule has 0 spiro atoms. The van der Waals surface area contributed by atoms with E-state index in [1.807, 2.05) is 0 Å². The van der Waals surface area contributed by atoms with E-state index in [0.29, 0.717) is 30.6 Å². The molecule has 4 heterocycles. The first-order valence-electron chi connectivity index (χ1n) is 14.7. The number of halogens is 2. The molecule has 6 rings (SSSR count). The molecule has 3 aromatic rings. The molecular formula is C29H32F2N9O6+. The van der Waals surface area contributed by atoms with Crippen molar-refractivity contribution in [3.8, 4) is 5.69 Å². The number of carbonyl (C=O) groups is 2. The summed E-state index contributed by atoms with van der Waals surface area (Å²) in [5.41, 5.74) is -0.946. The minimum Gasteiger partial charge on any atom is -0.431 e. The van der Waals surface area contributed by atoms with Crippen molar-refractivity contribution in [3.05, 3.63) is 66.0 Å². The van der Waals surface area contributed by atoms with Gasteiger partial charge < -0.3 is 24.2 Å². The van der Waals surface area contributed by atoms with Crippen molar-refractivity contribution in [1.82, 2.24) is 35.0 Å². The van der Waals surface area contributed by atoms with Crippen LogP contribution in [0.1, 0.15) is 25.3 Å². The lowest BCUT2D eigenvalue weighted by Crippen LogP contribution is -2.55. The van der Waals surface area contributed by atoms with E-state index in [9.17, 15) is 19.1 Å². The van der Waals surface area contributed by atoms with E-state index >= 15 is 4.39 Å². The Morgan fingerprint density at radius 1 is 1.17 bits per heavy atom. The molecule has 0 aliphatic carbocycles. The quantitative estimate of drug-likeness (QED) is 0.243. The van der Waals surface area contributed by atoms with Crippen molar-refractivity contribution in [1.29, 1.82) is 0 Å². The van der Waals surface area contributed by atoms with E-state index in [4.69, 9.17) is 14.2 Å². The minimum absolute atomic E-state index is 0.0184. The zero-order valence-corrected chi connectivity index (χ0v) is 24.9. The SMILES string of the molecule is C[C@@H](N1CCN(c2ccc(-n3cnnn3)cc2)C1=O)[C@@](O)(CN1CN(COC(=O)OCC2CCCO2)[C+]=N1)c1ccc(F)cc1F. The van der Waals surface area contributed by atoms with Crippen LogP contribution in [0.25, 0.3) is 5.69 Å². The Morgan fingerprint density at radius 3 is 2.70 bits per heavy atom. The Bertz CT molecular complexity index is 1560. The molecule has 17 heteroatoms. The smallest absolute Gasteiger partial charge is 0.431 e. The van der Waals surface area contributed by atoms with E-state index in [1.54, 1.807) is 36.1 Å². The largest absolute Gasteiger partial charge is 0.547 e. The van der Waals surface area contributed by atoms with Crippen LogP contribution in [0.5, 0.6) is 0 Å². The molecule has 0 radical (unpaired) electrons. The summed E-state index contributed by atoms with van der Waals surface area (Å²) in [5, 5.41) is 28.8. The van der Waals surface area contributed by atoms with Crippen LogP contribution in [0.2, 0.25) is 0 Å². The van der Waals surface area contributed by atoms with E-state index in [-0.39, 0.29) is 44.8 Å². The van der Waals surface area contributed by atoms with Gasteiger partial charge in [-0.15, -0.1) is 5.10 Å². The summed E-state index contributed by atoms with van der Waals surface area (Å²) in [7, 11) is 0. The number of β-amino-alcohol motifs (C(OH)–C–C–N with tert-alkyl or cyclic N) is 1. The number of aromatic nitrogens is 4. The molecular weight excluding hydrogens is 608 g/mol. The second kappa shape index (κ2) is 13.2. The van der Waals surface area contributed by atoms with Crippen LogP contribution < -0.4 is 4.90 Å². The van der Waals surface area contributed by atoms with E-state index in [0.717, 1.165) is 25.0 Å². The van der Waals surface area contributed by atoms with Gasteiger partial charge in [-0.05, 0) is 60.5 Å². The molecule has 46 heavy (non-hydrogen) atoms. The zero-order valence-electron chi connectivity index (χ0n) is 24.9. The second-order valence-corrected chi connectivity index (χ2v) is 11.1. The molecule has 2 saturated heterocycles. The van der Waals surface area contributed by atoms with E-state index in [2.05, 4.69) is 27.0 Å². The summed E-state index contributed by atoms with van der Waals surface area (Å²) in [6.07, 6.45) is 4.82. The lowest BCUT2D eigenvalue weighted by atomic mass is 9.85. The van der Waals surface area contributed by atoms with Crippen LogP contribution in [0.15, 0.2) is 53.9 Å². The fourth-order valence-electron chi connectivity index (χ4n) is 5.69. The number of hydrazone groups is 1. The number of rotatable bonds is 11. The lowest BCUT2D eigenvalue weighted by molar-refractivity contribution is -0.0606. The normalized spacial score (nSPS) is 19.8. The summed E-state index contributed by atoms with van der Waals surface area (Å²) in [6.45, 7) is 2.33. The molecule has 1 aromatic heterocycles. The van der Waals surface area contributed by atoms with Gasteiger partial charge in [0.25, 0.3) is 0 Å². The number of amides is 2. The van der Waals surface area contributed by atoms with Gasteiger partial charge in [-0.2, -0.15) is 0 Å². The summed E-state index contributed by atoms with van der Waals surface area (Å²) in [6, 6.07) is 8.51. The number of anilines is 1. The maximum absolute atomic E-state index is 15.2. The van der Waals surface area contributed by atoms with Gasteiger partial charge in [0, 0.05) is 37.0 Å². The molecule has 2 fully saturated rings. The number of carbonyl (C=O) groups excluding carboxylic acids is 2. The van der Waals surface area contributed by atoms with Gasteiger partial charge in [-0.1, -0.05) is 11.0 Å².